The van der Waals surface area contributed by atoms with Crippen LogP contribution in [0.4, 0.5) is 15.8 Å². The van der Waals surface area contributed by atoms with E-state index in [0.717, 1.165) is 27.7 Å². The first-order valence-electron chi connectivity index (χ1n) is 7.40. The molecular weight excluding hydrogens is 291 g/mol. The second-order valence-electron chi connectivity index (χ2n) is 5.42. The van der Waals surface area contributed by atoms with Crippen molar-refractivity contribution in [1.82, 2.24) is 0 Å². The van der Waals surface area contributed by atoms with Crippen molar-refractivity contribution in [1.29, 1.82) is 0 Å². The molecule has 0 aliphatic heterocycles. The van der Waals surface area contributed by atoms with E-state index in [1.165, 1.54) is 12.1 Å². The van der Waals surface area contributed by atoms with Crippen LogP contribution >= 0.6 is 0 Å². The van der Waals surface area contributed by atoms with Crippen LogP contribution < -0.4 is 10.6 Å². The Hall–Kier alpha value is -2.88. The first kappa shape index (κ1) is 15.0. The van der Waals surface area contributed by atoms with Gasteiger partial charge in [0, 0.05) is 11.4 Å². The number of carbonyl (C=O) groups excluding carboxylic acids is 1. The normalized spacial score (nSPS) is 10.5. The molecule has 0 fully saturated rings. The molecule has 23 heavy (non-hydrogen) atoms. The van der Waals surface area contributed by atoms with Crippen LogP contribution in [0.15, 0.2) is 60.7 Å². The fourth-order valence-electron chi connectivity index (χ4n) is 2.47. The highest BCUT2D eigenvalue weighted by molar-refractivity contribution is 5.96. The van der Waals surface area contributed by atoms with E-state index in [1.807, 2.05) is 42.5 Å². The van der Waals surface area contributed by atoms with E-state index in [-0.39, 0.29) is 18.3 Å². The van der Waals surface area contributed by atoms with E-state index >= 15 is 0 Å². The van der Waals surface area contributed by atoms with Gasteiger partial charge in [-0.05, 0) is 53.6 Å². The molecule has 0 saturated heterocycles. The van der Waals surface area contributed by atoms with Gasteiger partial charge in [0.25, 0.3) is 0 Å². The van der Waals surface area contributed by atoms with Gasteiger partial charge >= 0.3 is 0 Å². The molecule has 116 valence electrons. The quantitative estimate of drug-likeness (QED) is 0.753. The number of nitrogens with one attached hydrogen (secondary N) is 2. The van der Waals surface area contributed by atoms with Gasteiger partial charge in [-0.2, -0.15) is 0 Å². The molecule has 0 atom stereocenters. The van der Waals surface area contributed by atoms with Crippen molar-refractivity contribution in [3.8, 4) is 0 Å². The third-order valence-electron chi connectivity index (χ3n) is 3.66. The zero-order valence-corrected chi connectivity index (χ0v) is 12.8. The Bertz CT molecular complexity index is 861. The summed E-state index contributed by atoms with van der Waals surface area (Å²) in [5.41, 5.74) is 2.27. The zero-order valence-electron chi connectivity index (χ0n) is 12.8. The van der Waals surface area contributed by atoms with Crippen molar-refractivity contribution in [2.24, 2.45) is 0 Å². The smallest absolute Gasteiger partial charge is 0.243 e. The minimum absolute atomic E-state index is 0.124. The highest BCUT2D eigenvalue weighted by atomic mass is 19.1. The number of hydrogen-bond acceptors (Lipinski definition) is 2. The van der Waals surface area contributed by atoms with Crippen molar-refractivity contribution in [2.75, 3.05) is 17.2 Å². The van der Waals surface area contributed by atoms with Gasteiger partial charge in [-0.3, -0.25) is 4.79 Å². The molecule has 3 nitrogen and oxygen atoms in total. The number of rotatable bonds is 4. The van der Waals surface area contributed by atoms with Gasteiger partial charge in [0.1, 0.15) is 5.82 Å². The van der Waals surface area contributed by atoms with Gasteiger partial charge in [-0.25, -0.2) is 4.39 Å². The average Bonchev–Trinajstić information content (AvgIpc) is 2.54. The number of carbonyl (C=O) groups is 1. The maximum Gasteiger partial charge on any atom is 0.243 e. The lowest BCUT2D eigenvalue weighted by Gasteiger charge is -2.10. The Balaban J connectivity index is 1.64. The molecule has 3 aromatic rings. The van der Waals surface area contributed by atoms with Gasteiger partial charge < -0.3 is 10.6 Å². The Kier molecular flexibility index (Phi) is 4.24. The molecule has 0 bridgehead atoms. The Labute approximate surface area is 134 Å². The zero-order chi connectivity index (χ0) is 16.2. The predicted molar refractivity (Wildman–Crippen MR) is 92.2 cm³/mol. The molecule has 0 aliphatic carbocycles. The van der Waals surface area contributed by atoms with Crippen LogP contribution in [0.25, 0.3) is 10.8 Å². The molecule has 0 aromatic heterocycles. The number of amides is 1. The maximum absolute atomic E-state index is 13.1. The topological polar surface area (TPSA) is 41.1 Å². The molecule has 0 spiro atoms. The van der Waals surface area contributed by atoms with E-state index in [0.29, 0.717) is 0 Å². The molecule has 3 rings (SSSR count). The van der Waals surface area contributed by atoms with Crippen molar-refractivity contribution in [2.45, 2.75) is 6.92 Å². The highest BCUT2D eigenvalue weighted by Crippen LogP contribution is 2.19. The highest BCUT2D eigenvalue weighted by Gasteiger charge is 2.05. The number of fused-ring (bicyclic) bond motifs is 1. The third kappa shape index (κ3) is 3.66. The summed E-state index contributed by atoms with van der Waals surface area (Å²) in [4.78, 5) is 12.1. The standard InChI is InChI=1S/C19H17FN2O/c1-13-10-16(20)7-9-18(13)21-12-19(23)22-17-8-6-14-4-2-3-5-15(14)11-17/h2-11,21H,12H2,1H3,(H,22,23). The average molecular weight is 308 g/mol. The molecule has 0 heterocycles. The monoisotopic (exact) mass is 308 g/mol. The SMILES string of the molecule is Cc1cc(F)ccc1NCC(=O)Nc1ccc2ccccc2c1. The predicted octanol–water partition coefficient (Wildman–Crippen LogP) is 4.34. The van der Waals surface area contributed by atoms with Gasteiger partial charge in [0.05, 0.1) is 6.54 Å². The minimum atomic E-state index is -0.284. The van der Waals surface area contributed by atoms with Crippen molar-refractivity contribution in [3.63, 3.8) is 0 Å². The fourth-order valence-corrected chi connectivity index (χ4v) is 2.47. The molecule has 0 radical (unpaired) electrons. The van der Waals surface area contributed by atoms with Crippen LogP contribution in [0.3, 0.4) is 0 Å². The minimum Gasteiger partial charge on any atom is -0.376 e. The third-order valence-corrected chi connectivity index (χ3v) is 3.66. The first-order chi connectivity index (χ1) is 11.1. The van der Waals surface area contributed by atoms with Crippen LogP contribution in [0, 0.1) is 12.7 Å². The lowest BCUT2D eigenvalue weighted by molar-refractivity contribution is -0.114. The van der Waals surface area contributed by atoms with Crippen LogP contribution in [-0.2, 0) is 4.79 Å². The van der Waals surface area contributed by atoms with Gasteiger partial charge in [-0.1, -0.05) is 30.3 Å². The van der Waals surface area contributed by atoms with Crippen LogP contribution in [0.5, 0.6) is 0 Å². The van der Waals surface area contributed by atoms with Gasteiger partial charge in [0.2, 0.25) is 5.91 Å². The summed E-state index contributed by atoms with van der Waals surface area (Å²) in [5, 5.41) is 8.08. The number of aryl methyl sites for hydroxylation is 1. The second-order valence-corrected chi connectivity index (χ2v) is 5.42. The van der Waals surface area contributed by atoms with E-state index < -0.39 is 0 Å². The summed E-state index contributed by atoms with van der Waals surface area (Å²) in [7, 11) is 0. The maximum atomic E-state index is 13.1. The Morgan fingerprint density at radius 1 is 1.00 bits per heavy atom. The van der Waals surface area contributed by atoms with Gasteiger partial charge in [0.15, 0.2) is 0 Å². The Morgan fingerprint density at radius 3 is 2.57 bits per heavy atom. The number of benzene rings is 3. The van der Waals surface area contributed by atoms with Crippen LogP contribution in [0.1, 0.15) is 5.56 Å². The molecular formula is C19H17FN2O. The molecule has 1 amide bonds. The number of hydrogen-bond donors (Lipinski definition) is 2. The largest absolute Gasteiger partial charge is 0.376 e. The number of anilines is 2. The summed E-state index contributed by atoms with van der Waals surface area (Å²) in [6.45, 7) is 1.92. The molecule has 2 N–H and O–H groups in total. The molecule has 0 saturated carbocycles. The van der Waals surface area contributed by atoms with Crippen LogP contribution in [-0.4, -0.2) is 12.5 Å². The second kappa shape index (κ2) is 6.48. The Morgan fingerprint density at radius 2 is 1.78 bits per heavy atom. The molecule has 0 aliphatic rings. The van der Waals surface area contributed by atoms with E-state index in [4.69, 9.17) is 0 Å². The van der Waals surface area contributed by atoms with Gasteiger partial charge in [-0.15, -0.1) is 0 Å². The molecule has 3 aromatic carbocycles. The summed E-state index contributed by atoms with van der Waals surface area (Å²) < 4.78 is 13.1. The number of halogens is 1. The molecule has 0 unspecified atom stereocenters. The van der Waals surface area contributed by atoms with E-state index in [1.54, 1.807) is 13.0 Å². The summed E-state index contributed by atoms with van der Waals surface area (Å²) >= 11 is 0. The lowest BCUT2D eigenvalue weighted by atomic mass is 10.1. The van der Waals surface area contributed by atoms with Crippen molar-refractivity contribution >= 4 is 28.1 Å². The lowest BCUT2D eigenvalue weighted by Crippen LogP contribution is -2.22. The first-order valence-corrected chi connectivity index (χ1v) is 7.40. The summed E-state index contributed by atoms with van der Waals surface area (Å²) in [6, 6.07) is 18.2. The fraction of sp³-hybridized carbons (Fsp3) is 0.105. The van der Waals surface area contributed by atoms with E-state index in [2.05, 4.69) is 10.6 Å². The van der Waals surface area contributed by atoms with E-state index in [9.17, 15) is 9.18 Å². The van der Waals surface area contributed by atoms with Crippen molar-refractivity contribution in [3.05, 3.63) is 72.0 Å². The molecule has 4 heteroatoms. The van der Waals surface area contributed by atoms with Crippen molar-refractivity contribution < 1.29 is 9.18 Å². The van der Waals surface area contributed by atoms with Crippen LogP contribution in [0.2, 0.25) is 0 Å². The summed E-state index contributed by atoms with van der Waals surface area (Å²) in [6.07, 6.45) is 0. The summed E-state index contributed by atoms with van der Waals surface area (Å²) in [5.74, 6) is -0.433.